The molecule has 0 saturated heterocycles. The first-order valence-corrected chi connectivity index (χ1v) is 21.3. The average Bonchev–Trinajstić information content (AvgIpc) is 3.76. The molecule has 1 aromatic heterocycles. The van der Waals surface area contributed by atoms with E-state index in [1.165, 1.54) is 87.9 Å². The maximum atomic E-state index is 2.46. The van der Waals surface area contributed by atoms with E-state index < -0.39 is 0 Å². The Labute approximate surface area is 356 Å². The van der Waals surface area contributed by atoms with E-state index in [1.54, 1.807) is 0 Å². The highest BCUT2D eigenvalue weighted by Gasteiger charge is 2.36. The number of hydrogen-bond acceptors (Lipinski definition) is 1. The van der Waals surface area contributed by atoms with Gasteiger partial charge in [-0.3, -0.25) is 0 Å². The molecule has 0 saturated carbocycles. The molecule has 0 unspecified atom stereocenters. The molecule has 0 aliphatic heterocycles. The number of hydrogen-bond donors (Lipinski definition) is 0. The lowest BCUT2D eigenvalue weighted by atomic mass is 9.82. The molecule has 1 aliphatic carbocycles. The fraction of sp³-hybridized carbons (Fsp3) is 0.0508. The summed E-state index contributed by atoms with van der Waals surface area (Å²) in [6.45, 7) is 4.72. The van der Waals surface area contributed by atoms with Gasteiger partial charge in [0.1, 0.15) is 0 Å². The Morgan fingerprint density at radius 3 is 1.64 bits per heavy atom. The molecule has 0 atom stereocenters. The molecule has 2 nitrogen and oxygen atoms in total. The predicted molar refractivity (Wildman–Crippen MR) is 259 cm³/mol. The van der Waals surface area contributed by atoms with Crippen LogP contribution in [0.25, 0.3) is 82.4 Å². The zero-order valence-corrected chi connectivity index (χ0v) is 34.2. The summed E-state index contributed by atoms with van der Waals surface area (Å²) in [5, 5.41) is 7.68. The quantitative estimate of drug-likeness (QED) is 0.153. The number of benzene rings is 10. The monoisotopic (exact) mass is 778 g/mol. The molecule has 0 bridgehead atoms. The lowest BCUT2D eigenvalue weighted by Gasteiger charge is -2.26. The molecule has 61 heavy (non-hydrogen) atoms. The lowest BCUT2D eigenvalue weighted by Crippen LogP contribution is -2.14. The van der Waals surface area contributed by atoms with Gasteiger partial charge in [-0.25, -0.2) is 0 Å². The van der Waals surface area contributed by atoms with Crippen LogP contribution in [0.15, 0.2) is 218 Å². The number of aromatic nitrogens is 1. The normalized spacial score (nSPS) is 12.9. The van der Waals surface area contributed by atoms with Crippen LogP contribution in [0.3, 0.4) is 0 Å². The molecule has 0 fully saturated rings. The van der Waals surface area contributed by atoms with Crippen molar-refractivity contribution in [1.82, 2.24) is 4.57 Å². The highest BCUT2D eigenvalue weighted by atomic mass is 15.1. The minimum Gasteiger partial charge on any atom is -0.311 e. The molecule has 1 aliphatic rings. The van der Waals surface area contributed by atoms with Crippen LogP contribution in [0.5, 0.6) is 0 Å². The van der Waals surface area contributed by atoms with Crippen LogP contribution in [-0.4, -0.2) is 4.57 Å². The second kappa shape index (κ2) is 13.7. The van der Waals surface area contributed by atoms with Crippen molar-refractivity contribution in [1.29, 1.82) is 0 Å². The van der Waals surface area contributed by atoms with E-state index in [-0.39, 0.29) is 5.41 Å². The van der Waals surface area contributed by atoms with Crippen LogP contribution in [0.2, 0.25) is 0 Å². The lowest BCUT2D eigenvalue weighted by molar-refractivity contribution is 0.661. The number of fused-ring (bicyclic) bond motifs is 9. The summed E-state index contributed by atoms with van der Waals surface area (Å²) < 4.78 is 2.44. The second-order valence-electron chi connectivity index (χ2n) is 16.9. The number of rotatable bonds is 6. The molecule has 0 amide bonds. The van der Waals surface area contributed by atoms with Crippen molar-refractivity contribution in [2.45, 2.75) is 19.3 Å². The summed E-state index contributed by atoms with van der Waals surface area (Å²) in [6, 6.07) is 80.2. The number of para-hydroxylation sites is 2. The van der Waals surface area contributed by atoms with Gasteiger partial charge in [0, 0.05) is 38.9 Å². The largest absolute Gasteiger partial charge is 0.311 e. The molecule has 1 heterocycles. The Kier molecular flexibility index (Phi) is 7.92. The Morgan fingerprint density at radius 2 is 0.902 bits per heavy atom. The van der Waals surface area contributed by atoms with Gasteiger partial charge in [-0.05, 0) is 139 Å². The van der Waals surface area contributed by atoms with Crippen molar-refractivity contribution in [3.63, 3.8) is 0 Å². The summed E-state index contributed by atoms with van der Waals surface area (Å²) in [5.41, 5.74) is 17.2. The summed E-state index contributed by atoms with van der Waals surface area (Å²) in [4.78, 5) is 2.34. The molecule has 2 heteroatoms. The zero-order valence-electron chi connectivity index (χ0n) is 34.2. The first kappa shape index (κ1) is 35.3. The molecule has 12 rings (SSSR count). The van der Waals surface area contributed by atoms with Crippen molar-refractivity contribution >= 4 is 60.4 Å². The molecular formula is C59H42N2. The Bertz CT molecular complexity index is 3460. The highest BCUT2D eigenvalue weighted by molar-refractivity contribution is 6.14. The van der Waals surface area contributed by atoms with Gasteiger partial charge in [0.15, 0.2) is 0 Å². The Morgan fingerprint density at radius 1 is 0.344 bits per heavy atom. The van der Waals surface area contributed by atoms with E-state index in [0.717, 1.165) is 22.7 Å². The number of anilines is 3. The summed E-state index contributed by atoms with van der Waals surface area (Å²) in [5.74, 6) is 0. The van der Waals surface area contributed by atoms with Crippen LogP contribution in [0.1, 0.15) is 25.0 Å². The summed E-state index contributed by atoms with van der Waals surface area (Å²) >= 11 is 0. The number of nitrogens with zero attached hydrogens (tertiary/aromatic N) is 2. The van der Waals surface area contributed by atoms with Crippen LogP contribution in [0, 0.1) is 0 Å². The van der Waals surface area contributed by atoms with Gasteiger partial charge >= 0.3 is 0 Å². The summed E-state index contributed by atoms with van der Waals surface area (Å²) in [7, 11) is 0. The van der Waals surface area contributed by atoms with Crippen molar-refractivity contribution in [2.75, 3.05) is 4.90 Å². The smallest absolute Gasteiger partial charge is 0.0547 e. The van der Waals surface area contributed by atoms with Crippen molar-refractivity contribution in [2.24, 2.45) is 0 Å². The van der Waals surface area contributed by atoms with E-state index in [1.807, 2.05) is 0 Å². The van der Waals surface area contributed by atoms with Gasteiger partial charge < -0.3 is 9.47 Å². The highest BCUT2D eigenvalue weighted by Crippen LogP contribution is 2.51. The third-order valence-electron chi connectivity index (χ3n) is 13.2. The van der Waals surface area contributed by atoms with E-state index in [0.29, 0.717) is 0 Å². The second-order valence-corrected chi connectivity index (χ2v) is 16.9. The molecular weight excluding hydrogens is 737 g/mol. The maximum absolute atomic E-state index is 2.46. The molecule has 11 aromatic rings. The van der Waals surface area contributed by atoms with Crippen molar-refractivity contribution < 1.29 is 0 Å². The standard InChI is InChI=1S/C59H42N2/c1-59(2)55-22-12-10-20-50(55)53-38-58-54(37-56(53)59)51-21-11-13-23-57(51)61(58)46-32-26-40(27-33-46)39-24-30-44(31-25-39)60(43-15-4-3-5-16-43)45-34-28-41(29-35-45)52-36-42-14-6-7-17-47(42)48-18-8-9-19-49(48)52/h3-38H,1-2H3. The van der Waals surface area contributed by atoms with Crippen LogP contribution >= 0.6 is 0 Å². The van der Waals surface area contributed by atoms with Gasteiger partial charge in [-0.15, -0.1) is 0 Å². The maximum Gasteiger partial charge on any atom is 0.0547 e. The first-order chi connectivity index (χ1) is 30.0. The van der Waals surface area contributed by atoms with Gasteiger partial charge in [0.05, 0.1) is 11.0 Å². The van der Waals surface area contributed by atoms with Crippen molar-refractivity contribution in [3.8, 4) is 39.1 Å². The van der Waals surface area contributed by atoms with E-state index in [4.69, 9.17) is 0 Å². The van der Waals surface area contributed by atoms with Gasteiger partial charge in [0.25, 0.3) is 0 Å². The average molecular weight is 779 g/mol. The third-order valence-corrected chi connectivity index (χ3v) is 13.2. The van der Waals surface area contributed by atoms with Crippen LogP contribution < -0.4 is 4.90 Å². The van der Waals surface area contributed by atoms with Crippen LogP contribution in [-0.2, 0) is 5.41 Å². The predicted octanol–water partition coefficient (Wildman–Crippen LogP) is 16.2. The van der Waals surface area contributed by atoms with Crippen LogP contribution in [0.4, 0.5) is 17.1 Å². The zero-order chi connectivity index (χ0) is 40.7. The molecule has 0 spiro atoms. The van der Waals surface area contributed by atoms with Gasteiger partial charge in [0.2, 0.25) is 0 Å². The third kappa shape index (κ3) is 5.56. The summed E-state index contributed by atoms with van der Waals surface area (Å²) in [6.07, 6.45) is 0. The molecule has 288 valence electrons. The topological polar surface area (TPSA) is 8.17 Å². The van der Waals surface area contributed by atoms with E-state index in [2.05, 4.69) is 242 Å². The minimum absolute atomic E-state index is 0.0442. The van der Waals surface area contributed by atoms with Crippen molar-refractivity contribution in [3.05, 3.63) is 230 Å². The first-order valence-electron chi connectivity index (χ1n) is 21.3. The SMILES string of the molecule is CC1(C)c2ccccc2-c2cc3c(cc21)c1ccccc1n3-c1ccc(-c2ccc(N(c3ccccc3)c3ccc(-c4cc5ccccc5c5ccccc45)cc3)cc2)cc1. The molecule has 0 radical (unpaired) electrons. The van der Waals surface area contributed by atoms with E-state index in [9.17, 15) is 0 Å². The molecule has 10 aromatic carbocycles. The Balaban J connectivity index is 0.889. The Hall–Kier alpha value is -7.68. The van der Waals surface area contributed by atoms with Gasteiger partial charge in [-0.1, -0.05) is 159 Å². The minimum atomic E-state index is -0.0442. The fourth-order valence-electron chi connectivity index (χ4n) is 10.2. The van der Waals surface area contributed by atoms with Gasteiger partial charge in [-0.2, -0.15) is 0 Å². The molecule has 0 N–H and O–H groups in total. The van der Waals surface area contributed by atoms with E-state index >= 15 is 0 Å². The fourth-order valence-corrected chi connectivity index (χ4v) is 10.2.